The van der Waals surface area contributed by atoms with E-state index in [2.05, 4.69) is 11.4 Å². The molecule has 2 aromatic carbocycles. The van der Waals surface area contributed by atoms with Crippen LogP contribution >= 0.6 is 23.2 Å². The van der Waals surface area contributed by atoms with Crippen molar-refractivity contribution in [3.63, 3.8) is 0 Å². The minimum Gasteiger partial charge on any atom is -0.355 e. The first-order chi connectivity index (χ1) is 13.2. The van der Waals surface area contributed by atoms with Crippen LogP contribution in [0.2, 0.25) is 10.0 Å². The van der Waals surface area contributed by atoms with E-state index in [1.54, 1.807) is 24.0 Å². The van der Waals surface area contributed by atoms with Crippen molar-refractivity contribution < 1.29 is 9.59 Å². The standard InChI is InChI=1S/C22H26Cl2N2O2/c1-5-25-22(28)16(4)26(13-17-6-7-19(23)20(24)11-17)21(27)12-18-9-14(2)8-15(3)10-18/h6-11,16H,5,12-13H2,1-4H3,(H,25,28)/t16-/m0/s1. The maximum Gasteiger partial charge on any atom is 0.242 e. The predicted octanol–water partition coefficient (Wildman–Crippen LogP) is 4.71. The van der Waals surface area contributed by atoms with Crippen molar-refractivity contribution in [2.75, 3.05) is 6.54 Å². The van der Waals surface area contributed by atoms with Gasteiger partial charge in [-0.15, -0.1) is 0 Å². The Morgan fingerprint density at radius 3 is 2.21 bits per heavy atom. The number of rotatable bonds is 7. The van der Waals surface area contributed by atoms with Gasteiger partial charge >= 0.3 is 0 Å². The van der Waals surface area contributed by atoms with Crippen molar-refractivity contribution >= 4 is 35.0 Å². The quantitative estimate of drug-likeness (QED) is 0.704. The third-order valence-electron chi connectivity index (χ3n) is 4.49. The largest absolute Gasteiger partial charge is 0.355 e. The highest BCUT2D eigenvalue weighted by Gasteiger charge is 2.26. The molecule has 2 aromatic rings. The van der Waals surface area contributed by atoms with E-state index >= 15 is 0 Å². The Bertz CT molecular complexity index is 847. The summed E-state index contributed by atoms with van der Waals surface area (Å²) in [6.45, 7) is 8.39. The number of nitrogens with zero attached hydrogens (tertiary/aromatic N) is 1. The van der Waals surface area contributed by atoms with E-state index in [4.69, 9.17) is 23.2 Å². The number of nitrogens with one attached hydrogen (secondary N) is 1. The third kappa shape index (κ3) is 5.98. The fourth-order valence-electron chi connectivity index (χ4n) is 3.19. The molecule has 0 unspecified atom stereocenters. The average Bonchev–Trinajstić information content (AvgIpc) is 2.61. The zero-order valence-corrected chi connectivity index (χ0v) is 18.2. The summed E-state index contributed by atoms with van der Waals surface area (Å²) in [7, 11) is 0. The molecule has 150 valence electrons. The molecule has 0 aromatic heterocycles. The van der Waals surface area contributed by atoms with E-state index in [-0.39, 0.29) is 24.8 Å². The molecule has 0 spiro atoms. The zero-order valence-electron chi connectivity index (χ0n) is 16.7. The fourth-order valence-corrected chi connectivity index (χ4v) is 3.51. The van der Waals surface area contributed by atoms with Crippen LogP contribution in [0.15, 0.2) is 36.4 Å². The predicted molar refractivity (Wildman–Crippen MR) is 115 cm³/mol. The number of hydrogen-bond acceptors (Lipinski definition) is 2. The van der Waals surface area contributed by atoms with Crippen molar-refractivity contribution in [1.29, 1.82) is 0 Å². The van der Waals surface area contributed by atoms with E-state index < -0.39 is 6.04 Å². The molecule has 0 aliphatic heterocycles. The lowest BCUT2D eigenvalue weighted by Gasteiger charge is -2.29. The Hall–Kier alpha value is -2.04. The number of amides is 2. The molecule has 2 rings (SSSR count). The van der Waals surface area contributed by atoms with E-state index in [0.29, 0.717) is 16.6 Å². The zero-order chi connectivity index (χ0) is 20.8. The first kappa shape index (κ1) is 22.3. The van der Waals surface area contributed by atoms with Gasteiger partial charge < -0.3 is 10.2 Å². The summed E-state index contributed by atoms with van der Waals surface area (Å²) < 4.78 is 0. The topological polar surface area (TPSA) is 49.4 Å². The van der Waals surface area contributed by atoms with Crippen LogP contribution in [0, 0.1) is 13.8 Å². The summed E-state index contributed by atoms with van der Waals surface area (Å²) in [6.07, 6.45) is 0.230. The minimum absolute atomic E-state index is 0.116. The van der Waals surface area contributed by atoms with Crippen LogP contribution in [0.4, 0.5) is 0 Å². The number of likely N-dealkylation sites (N-methyl/N-ethyl adjacent to an activating group) is 1. The van der Waals surface area contributed by atoms with Gasteiger partial charge in [-0.1, -0.05) is 58.6 Å². The molecule has 0 bridgehead atoms. The normalized spacial score (nSPS) is 11.8. The molecular formula is C22H26Cl2N2O2. The highest BCUT2D eigenvalue weighted by Crippen LogP contribution is 2.24. The van der Waals surface area contributed by atoms with Crippen LogP contribution < -0.4 is 5.32 Å². The fraction of sp³-hybridized carbons (Fsp3) is 0.364. The lowest BCUT2D eigenvalue weighted by Crippen LogP contribution is -2.48. The highest BCUT2D eigenvalue weighted by molar-refractivity contribution is 6.42. The van der Waals surface area contributed by atoms with Crippen LogP contribution in [0.3, 0.4) is 0 Å². The summed E-state index contributed by atoms with van der Waals surface area (Å²) >= 11 is 12.1. The lowest BCUT2D eigenvalue weighted by molar-refractivity contribution is -0.140. The Labute approximate surface area is 176 Å². The average molecular weight is 421 g/mol. The Kier molecular flexibility index (Phi) is 7.90. The number of carbonyl (C=O) groups is 2. The molecule has 2 amide bonds. The molecule has 0 radical (unpaired) electrons. The van der Waals surface area contributed by atoms with Gasteiger partial charge in [-0.3, -0.25) is 9.59 Å². The van der Waals surface area contributed by atoms with Crippen molar-refractivity contribution in [1.82, 2.24) is 10.2 Å². The van der Waals surface area contributed by atoms with Gasteiger partial charge in [0.2, 0.25) is 11.8 Å². The number of benzene rings is 2. The maximum atomic E-state index is 13.1. The monoisotopic (exact) mass is 420 g/mol. The van der Waals surface area contributed by atoms with Gasteiger partial charge in [0, 0.05) is 13.1 Å². The summed E-state index contributed by atoms with van der Waals surface area (Å²) in [5.74, 6) is -0.300. The Morgan fingerprint density at radius 2 is 1.64 bits per heavy atom. The molecule has 0 fully saturated rings. The Balaban J connectivity index is 2.28. The molecule has 0 aliphatic rings. The summed E-state index contributed by atoms with van der Waals surface area (Å²) in [6, 6.07) is 10.7. The molecule has 1 N–H and O–H groups in total. The molecule has 0 saturated heterocycles. The first-order valence-electron chi connectivity index (χ1n) is 9.29. The van der Waals surface area contributed by atoms with E-state index in [1.165, 1.54) is 0 Å². The van der Waals surface area contributed by atoms with Crippen LogP contribution in [-0.2, 0) is 22.6 Å². The van der Waals surface area contributed by atoms with Crippen molar-refractivity contribution in [2.24, 2.45) is 0 Å². The summed E-state index contributed by atoms with van der Waals surface area (Å²) in [4.78, 5) is 27.1. The van der Waals surface area contributed by atoms with Gasteiger partial charge in [0.15, 0.2) is 0 Å². The van der Waals surface area contributed by atoms with Gasteiger partial charge in [-0.2, -0.15) is 0 Å². The number of carbonyl (C=O) groups excluding carboxylic acids is 2. The van der Waals surface area contributed by atoms with Crippen LogP contribution in [0.25, 0.3) is 0 Å². The first-order valence-corrected chi connectivity index (χ1v) is 10.0. The van der Waals surface area contributed by atoms with E-state index in [9.17, 15) is 9.59 Å². The molecule has 6 heteroatoms. The van der Waals surface area contributed by atoms with E-state index in [1.807, 2.05) is 39.0 Å². The van der Waals surface area contributed by atoms with Gasteiger partial charge in [0.05, 0.1) is 16.5 Å². The third-order valence-corrected chi connectivity index (χ3v) is 5.23. The summed E-state index contributed by atoms with van der Waals surface area (Å²) in [5, 5.41) is 3.67. The van der Waals surface area contributed by atoms with Crippen molar-refractivity contribution in [3.05, 3.63) is 68.7 Å². The second kappa shape index (κ2) is 9.94. The molecule has 28 heavy (non-hydrogen) atoms. The number of hydrogen-bond donors (Lipinski definition) is 1. The number of aryl methyl sites for hydroxylation is 2. The maximum absolute atomic E-state index is 13.1. The SMILES string of the molecule is CCNC(=O)[C@H](C)N(Cc1ccc(Cl)c(Cl)c1)C(=O)Cc1cc(C)cc(C)c1. The lowest BCUT2D eigenvalue weighted by atomic mass is 10.0. The smallest absolute Gasteiger partial charge is 0.242 e. The molecule has 0 heterocycles. The van der Waals surface area contributed by atoms with Gasteiger partial charge in [-0.25, -0.2) is 0 Å². The van der Waals surface area contributed by atoms with Crippen molar-refractivity contribution in [3.8, 4) is 0 Å². The van der Waals surface area contributed by atoms with Gasteiger partial charge in [0.1, 0.15) is 6.04 Å². The second-order valence-corrected chi connectivity index (χ2v) is 7.83. The van der Waals surface area contributed by atoms with Crippen molar-refractivity contribution in [2.45, 2.75) is 46.7 Å². The molecule has 1 atom stereocenters. The molecular weight excluding hydrogens is 395 g/mol. The Morgan fingerprint density at radius 1 is 1.00 bits per heavy atom. The van der Waals surface area contributed by atoms with Gasteiger partial charge in [-0.05, 0) is 51.0 Å². The molecule has 4 nitrogen and oxygen atoms in total. The van der Waals surface area contributed by atoms with Crippen LogP contribution in [0.1, 0.15) is 36.1 Å². The molecule has 0 aliphatic carbocycles. The second-order valence-electron chi connectivity index (χ2n) is 7.01. The van der Waals surface area contributed by atoms with Gasteiger partial charge in [0.25, 0.3) is 0 Å². The number of halogens is 2. The summed E-state index contributed by atoms with van der Waals surface area (Å²) in [5.41, 5.74) is 3.97. The minimum atomic E-state index is -0.604. The molecule has 0 saturated carbocycles. The van der Waals surface area contributed by atoms with E-state index in [0.717, 1.165) is 22.3 Å². The van der Waals surface area contributed by atoms with Crippen LogP contribution in [-0.4, -0.2) is 29.3 Å². The highest BCUT2D eigenvalue weighted by atomic mass is 35.5. The van der Waals surface area contributed by atoms with Crippen LogP contribution in [0.5, 0.6) is 0 Å².